The molecule has 0 atom stereocenters. The smallest absolute Gasteiger partial charge is 0.135 e. The van der Waals surface area contributed by atoms with Gasteiger partial charge in [-0.1, -0.05) is 105 Å². The van der Waals surface area contributed by atoms with Crippen LogP contribution in [0.25, 0.3) is 33.1 Å². The summed E-state index contributed by atoms with van der Waals surface area (Å²) < 4.78 is 6.39. The molecule has 1 spiro atoms. The monoisotopic (exact) mass is 448 g/mol. The Kier molecular flexibility index (Phi) is 3.47. The van der Waals surface area contributed by atoms with E-state index in [1.54, 1.807) is 0 Å². The molecule has 0 fully saturated rings. The highest BCUT2D eigenvalue weighted by Crippen LogP contribution is 2.62. The van der Waals surface area contributed by atoms with E-state index in [1.807, 2.05) is 0 Å². The van der Waals surface area contributed by atoms with Crippen LogP contribution in [0.4, 0.5) is 0 Å². The van der Waals surface area contributed by atoms with E-state index in [1.165, 1.54) is 55.3 Å². The number of furan rings is 1. The molecule has 35 heavy (non-hydrogen) atoms. The van der Waals surface area contributed by atoms with Gasteiger partial charge < -0.3 is 4.42 Å². The zero-order valence-corrected chi connectivity index (χ0v) is 19.8. The Morgan fingerprint density at radius 1 is 0.457 bits per heavy atom. The average molecular weight is 449 g/mol. The summed E-state index contributed by atoms with van der Waals surface area (Å²) in [5.41, 5.74) is 12.3. The lowest BCUT2D eigenvalue weighted by Gasteiger charge is -2.46. The van der Waals surface area contributed by atoms with Crippen LogP contribution in [0.15, 0.2) is 114 Å². The van der Waals surface area contributed by atoms with Crippen molar-refractivity contribution in [2.24, 2.45) is 0 Å². The van der Waals surface area contributed by atoms with E-state index in [9.17, 15) is 0 Å². The third kappa shape index (κ3) is 2.16. The predicted octanol–water partition coefficient (Wildman–Crippen LogP) is 8.59. The summed E-state index contributed by atoms with van der Waals surface area (Å²) in [5, 5.41) is 2.37. The number of para-hydroxylation sites is 1. The van der Waals surface area contributed by atoms with Gasteiger partial charge in [0.15, 0.2) is 0 Å². The SMILES string of the molecule is CC1(C)c2ccccc2C2(c3ccccc3-c3ccccc32)c2cc3c(cc21)oc1ccccc13. The topological polar surface area (TPSA) is 13.1 Å². The van der Waals surface area contributed by atoms with Crippen molar-refractivity contribution < 1.29 is 4.42 Å². The van der Waals surface area contributed by atoms with Crippen LogP contribution in [0, 0.1) is 0 Å². The van der Waals surface area contributed by atoms with Gasteiger partial charge in [0.05, 0.1) is 5.41 Å². The van der Waals surface area contributed by atoms with Crippen molar-refractivity contribution in [3.05, 3.63) is 143 Å². The maximum atomic E-state index is 6.39. The van der Waals surface area contributed by atoms with Gasteiger partial charge in [-0.05, 0) is 62.7 Å². The molecule has 2 aliphatic carbocycles. The summed E-state index contributed by atoms with van der Waals surface area (Å²) in [6.45, 7) is 4.72. The second kappa shape index (κ2) is 6.31. The molecule has 0 bridgehead atoms. The molecule has 0 N–H and O–H groups in total. The molecule has 5 aromatic carbocycles. The Hall–Kier alpha value is -4.10. The van der Waals surface area contributed by atoms with E-state index in [4.69, 9.17) is 4.42 Å². The zero-order chi connectivity index (χ0) is 23.4. The molecule has 6 aromatic rings. The summed E-state index contributed by atoms with van der Waals surface area (Å²) in [6.07, 6.45) is 0. The quantitative estimate of drug-likeness (QED) is 0.226. The van der Waals surface area contributed by atoms with E-state index in [2.05, 4.69) is 123 Å². The van der Waals surface area contributed by atoms with Crippen LogP contribution < -0.4 is 0 Å². The van der Waals surface area contributed by atoms with Crippen molar-refractivity contribution >= 4 is 21.9 Å². The standard InChI is InChI=1S/C34H24O/c1-33(2)27-16-8-9-17-28(27)34(25-14-6-3-11-21(25)22-12-4-7-15-26(22)34)30-19-24-23-13-5-10-18-31(23)35-32(24)20-29(30)33/h3-20H,1-2H3. The zero-order valence-electron chi connectivity index (χ0n) is 19.8. The fourth-order valence-electron chi connectivity index (χ4n) is 7.06. The maximum absolute atomic E-state index is 6.39. The lowest BCUT2D eigenvalue weighted by Crippen LogP contribution is -2.40. The highest BCUT2D eigenvalue weighted by molar-refractivity contribution is 6.06. The molecule has 0 saturated carbocycles. The number of benzene rings is 5. The second-order valence-electron chi connectivity index (χ2n) is 10.5. The molecule has 1 nitrogen and oxygen atoms in total. The summed E-state index contributed by atoms with van der Waals surface area (Å²) in [6, 6.07) is 40.2. The lowest BCUT2D eigenvalue weighted by atomic mass is 9.55. The van der Waals surface area contributed by atoms with Crippen molar-refractivity contribution in [2.45, 2.75) is 24.7 Å². The van der Waals surface area contributed by atoms with E-state index >= 15 is 0 Å². The van der Waals surface area contributed by atoms with Gasteiger partial charge in [-0.3, -0.25) is 0 Å². The van der Waals surface area contributed by atoms with Crippen molar-refractivity contribution in [1.29, 1.82) is 0 Å². The first kappa shape index (κ1) is 19.2. The fraction of sp³-hybridized carbons (Fsp3) is 0.118. The minimum atomic E-state index is -0.360. The van der Waals surface area contributed by atoms with Crippen LogP contribution in [-0.2, 0) is 10.8 Å². The van der Waals surface area contributed by atoms with Crippen LogP contribution in [0.2, 0.25) is 0 Å². The van der Waals surface area contributed by atoms with Crippen molar-refractivity contribution in [3.63, 3.8) is 0 Å². The average Bonchev–Trinajstić information content (AvgIpc) is 3.41. The lowest BCUT2D eigenvalue weighted by molar-refractivity contribution is 0.562. The summed E-state index contributed by atoms with van der Waals surface area (Å²) in [4.78, 5) is 0. The first-order chi connectivity index (χ1) is 17.1. The van der Waals surface area contributed by atoms with Gasteiger partial charge in [-0.25, -0.2) is 0 Å². The summed E-state index contributed by atoms with van der Waals surface area (Å²) in [5.74, 6) is 0. The summed E-state index contributed by atoms with van der Waals surface area (Å²) >= 11 is 0. The first-order valence-electron chi connectivity index (χ1n) is 12.4. The molecular formula is C34H24O. The minimum Gasteiger partial charge on any atom is -0.456 e. The molecule has 0 saturated heterocycles. The summed E-state index contributed by atoms with van der Waals surface area (Å²) in [7, 11) is 0. The molecule has 0 aliphatic heterocycles. The highest BCUT2D eigenvalue weighted by Gasteiger charge is 2.53. The van der Waals surface area contributed by atoms with E-state index in [0.29, 0.717) is 0 Å². The Bertz CT molecular complexity index is 1790. The molecule has 0 radical (unpaired) electrons. The van der Waals surface area contributed by atoms with E-state index in [-0.39, 0.29) is 10.8 Å². The first-order valence-corrected chi connectivity index (χ1v) is 12.4. The molecule has 166 valence electrons. The van der Waals surface area contributed by atoms with Crippen LogP contribution in [0.3, 0.4) is 0 Å². The Morgan fingerprint density at radius 3 is 1.74 bits per heavy atom. The van der Waals surface area contributed by atoms with Gasteiger partial charge in [-0.15, -0.1) is 0 Å². The van der Waals surface area contributed by atoms with Crippen LogP contribution in [-0.4, -0.2) is 0 Å². The third-order valence-electron chi connectivity index (χ3n) is 8.55. The molecule has 1 aromatic heterocycles. The van der Waals surface area contributed by atoms with Gasteiger partial charge in [0.1, 0.15) is 11.2 Å². The number of fused-ring (bicyclic) bond motifs is 12. The van der Waals surface area contributed by atoms with Gasteiger partial charge in [0, 0.05) is 16.2 Å². The number of hydrogen-bond acceptors (Lipinski definition) is 1. The number of rotatable bonds is 0. The van der Waals surface area contributed by atoms with Crippen molar-refractivity contribution in [1.82, 2.24) is 0 Å². The maximum Gasteiger partial charge on any atom is 0.135 e. The van der Waals surface area contributed by atoms with Gasteiger partial charge in [0.2, 0.25) is 0 Å². The van der Waals surface area contributed by atoms with Crippen LogP contribution in [0.1, 0.15) is 47.2 Å². The van der Waals surface area contributed by atoms with Gasteiger partial charge in [-0.2, -0.15) is 0 Å². The molecule has 1 heterocycles. The van der Waals surface area contributed by atoms with Crippen molar-refractivity contribution in [3.8, 4) is 11.1 Å². The van der Waals surface area contributed by atoms with E-state index in [0.717, 1.165) is 11.2 Å². The Labute approximate surface area is 204 Å². The Balaban J connectivity index is 1.64. The predicted molar refractivity (Wildman–Crippen MR) is 143 cm³/mol. The Morgan fingerprint density at radius 2 is 1.03 bits per heavy atom. The molecule has 2 aliphatic rings. The molecular weight excluding hydrogens is 424 g/mol. The largest absolute Gasteiger partial charge is 0.456 e. The van der Waals surface area contributed by atoms with Crippen LogP contribution >= 0.6 is 0 Å². The van der Waals surface area contributed by atoms with Crippen molar-refractivity contribution in [2.75, 3.05) is 0 Å². The van der Waals surface area contributed by atoms with Gasteiger partial charge >= 0.3 is 0 Å². The molecule has 1 heteroatoms. The molecule has 8 rings (SSSR count). The fourth-order valence-corrected chi connectivity index (χ4v) is 7.06. The normalized spacial score (nSPS) is 16.2. The molecule has 0 unspecified atom stereocenters. The second-order valence-corrected chi connectivity index (χ2v) is 10.5. The van der Waals surface area contributed by atoms with Crippen LogP contribution in [0.5, 0.6) is 0 Å². The number of hydrogen-bond donors (Lipinski definition) is 0. The van der Waals surface area contributed by atoms with Gasteiger partial charge in [0.25, 0.3) is 0 Å². The molecule has 0 amide bonds. The highest BCUT2D eigenvalue weighted by atomic mass is 16.3. The third-order valence-corrected chi connectivity index (χ3v) is 8.55. The van der Waals surface area contributed by atoms with E-state index < -0.39 is 0 Å². The minimum absolute atomic E-state index is 0.156.